The molecule has 1 fully saturated rings. The Bertz CT molecular complexity index is 1170. The monoisotopic (exact) mass is 449 g/mol. The van der Waals surface area contributed by atoms with Gasteiger partial charge in [-0.2, -0.15) is 0 Å². The van der Waals surface area contributed by atoms with Gasteiger partial charge in [0.05, 0.1) is 18.3 Å². The Morgan fingerprint density at radius 3 is 2.58 bits per heavy atom. The van der Waals surface area contributed by atoms with E-state index < -0.39 is 5.60 Å². The highest BCUT2D eigenvalue weighted by molar-refractivity contribution is 5.95. The predicted octanol–water partition coefficient (Wildman–Crippen LogP) is 4.33. The zero-order valence-electron chi connectivity index (χ0n) is 19.8. The predicted molar refractivity (Wildman–Crippen MR) is 131 cm³/mol. The van der Waals surface area contributed by atoms with Crippen LogP contribution >= 0.6 is 0 Å². The summed E-state index contributed by atoms with van der Waals surface area (Å²) in [6.07, 6.45) is 3.33. The van der Waals surface area contributed by atoms with E-state index in [1.807, 2.05) is 51.2 Å². The third kappa shape index (κ3) is 4.79. The Morgan fingerprint density at radius 2 is 1.91 bits per heavy atom. The summed E-state index contributed by atoms with van der Waals surface area (Å²) in [5.74, 6) is 0.415. The molecule has 2 N–H and O–H groups in total. The number of anilines is 2. The van der Waals surface area contributed by atoms with E-state index >= 15 is 0 Å². The van der Waals surface area contributed by atoms with Crippen LogP contribution in [-0.2, 0) is 4.74 Å². The fourth-order valence-corrected chi connectivity index (χ4v) is 4.17. The maximum Gasteiger partial charge on any atom is 0.410 e. The van der Waals surface area contributed by atoms with Gasteiger partial charge in [-0.25, -0.2) is 9.78 Å². The number of methoxy groups -OCH3 is 1. The van der Waals surface area contributed by atoms with Crippen molar-refractivity contribution in [2.24, 2.45) is 0 Å². The largest absolute Gasteiger partial charge is 0.480 e. The molecule has 0 bridgehead atoms. The minimum atomic E-state index is -0.505. The van der Waals surface area contributed by atoms with Crippen LogP contribution in [0.4, 0.5) is 16.2 Å². The van der Waals surface area contributed by atoms with E-state index in [2.05, 4.69) is 27.9 Å². The third-order valence-electron chi connectivity index (χ3n) is 5.71. The smallest absolute Gasteiger partial charge is 0.410 e. The van der Waals surface area contributed by atoms with Crippen LogP contribution in [0.2, 0.25) is 0 Å². The molecule has 8 heteroatoms. The van der Waals surface area contributed by atoms with Gasteiger partial charge in [0.1, 0.15) is 5.60 Å². The molecule has 1 unspecified atom stereocenters. The van der Waals surface area contributed by atoms with Gasteiger partial charge >= 0.3 is 6.09 Å². The number of piperazine rings is 1. The molecule has 33 heavy (non-hydrogen) atoms. The van der Waals surface area contributed by atoms with Gasteiger partial charge in [-0.05, 0) is 57.5 Å². The van der Waals surface area contributed by atoms with Crippen molar-refractivity contribution in [1.29, 1.82) is 0 Å². The van der Waals surface area contributed by atoms with Crippen LogP contribution in [0.25, 0.3) is 22.0 Å². The maximum atomic E-state index is 12.5. The molecule has 1 aliphatic heterocycles. The molecular weight excluding hydrogens is 418 g/mol. The van der Waals surface area contributed by atoms with Crippen molar-refractivity contribution in [3.63, 3.8) is 0 Å². The average Bonchev–Trinajstić information content (AvgIpc) is 2.77. The first-order valence-corrected chi connectivity index (χ1v) is 11.1. The molecule has 8 nitrogen and oxygen atoms in total. The number of pyridine rings is 2. The number of nitrogens with two attached hydrogens (primary N) is 1. The topological polar surface area (TPSA) is 93.8 Å². The van der Waals surface area contributed by atoms with Crippen molar-refractivity contribution in [3.8, 4) is 17.0 Å². The van der Waals surface area contributed by atoms with E-state index in [1.54, 1.807) is 18.2 Å². The number of benzene rings is 1. The van der Waals surface area contributed by atoms with Crippen LogP contribution in [0, 0.1) is 0 Å². The van der Waals surface area contributed by atoms with Crippen molar-refractivity contribution in [3.05, 3.63) is 42.7 Å². The number of aromatic nitrogens is 2. The summed E-state index contributed by atoms with van der Waals surface area (Å²) in [4.78, 5) is 25.5. The van der Waals surface area contributed by atoms with Gasteiger partial charge in [-0.15, -0.1) is 0 Å². The Labute approximate surface area is 194 Å². The highest BCUT2D eigenvalue weighted by atomic mass is 16.6. The van der Waals surface area contributed by atoms with Crippen LogP contribution in [0.1, 0.15) is 27.7 Å². The molecule has 1 aromatic carbocycles. The van der Waals surface area contributed by atoms with Crippen LogP contribution in [-0.4, -0.2) is 59.3 Å². The van der Waals surface area contributed by atoms with E-state index in [4.69, 9.17) is 15.2 Å². The maximum absolute atomic E-state index is 12.5. The molecule has 1 atom stereocenters. The first-order chi connectivity index (χ1) is 15.7. The lowest BCUT2D eigenvalue weighted by molar-refractivity contribution is 0.0219. The summed E-state index contributed by atoms with van der Waals surface area (Å²) in [5.41, 5.74) is 9.97. The molecule has 1 aliphatic rings. The molecule has 0 aliphatic carbocycles. The van der Waals surface area contributed by atoms with Gasteiger partial charge in [0.15, 0.2) is 0 Å². The van der Waals surface area contributed by atoms with Crippen LogP contribution in [0.5, 0.6) is 5.88 Å². The van der Waals surface area contributed by atoms with Crippen LogP contribution in [0.3, 0.4) is 0 Å². The standard InChI is InChI=1S/C25H31N5O3/c1-16-15-29(24(31)33-25(2,3)4)10-11-30(16)22-8-9-27-21-7-6-17(12-19(21)22)18-13-20(26)23(32-5)28-14-18/h6-9,12-14,16H,10-11,15,26H2,1-5H3. The second kappa shape index (κ2) is 8.77. The molecular formula is C25H31N5O3. The number of carbonyl (C=O) groups is 1. The lowest BCUT2D eigenvalue weighted by Crippen LogP contribution is -2.54. The summed E-state index contributed by atoms with van der Waals surface area (Å²) >= 11 is 0. The van der Waals surface area contributed by atoms with Gasteiger partial charge in [0.2, 0.25) is 5.88 Å². The van der Waals surface area contributed by atoms with E-state index in [0.29, 0.717) is 31.2 Å². The Kier molecular flexibility index (Phi) is 6.01. The number of amides is 1. The molecule has 4 rings (SSSR count). The quantitative estimate of drug-likeness (QED) is 0.636. The number of nitrogens with zero attached hydrogens (tertiary/aromatic N) is 4. The molecule has 1 saturated heterocycles. The Morgan fingerprint density at radius 1 is 1.12 bits per heavy atom. The van der Waals surface area contributed by atoms with E-state index in [9.17, 15) is 4.79 Å². The van der Waals surface area contributed by atoms with E-state index in [0.717, 1.165) is 27.7 Å². The number of nitrogen functional groups attached to an aromatic ring is 1. The Hall–Kier alpha value is -3.55. The van der Waals surface area contributed by atoms with Crippen LogP contribution < -0.4 is 15.4 Å². The Balaban J connectivity index is 1.63. The summed E-state index contributed by atoms with van der Waals surface area (Å²) in [7, 11) is 1.55. The number of hydrogen-bond acceptors (Lipinski definition) is 7. The van der Waals surface area contributed by atoms with Gasteiger partial charge in [0.25, 0.3) is 0 Å². The van der Waals surface area contributed by atoms with Crippen molar-refractivity contribution in [1.82, 2.24) is 14.9 Å². The van der Waals surface area contributed by atoms with Crippen molar-refractivity contribution < 1.29 is 14.3 Å². The van der Waals surface area contributed by atoms with Crippen LogP contribution in [0.15, 0.2) is 42.7 Å². The van der Waals surface area contributed by atoms with Crippen molar-refractivity contribution in [2.45, 2.75) is 39.3 Å². The molecule has 0 radical (unpaired) electrons. The SMILES string of the molecule is COc1ncc(-c2ccc3nccc(N4CCN(C(=O)OC(C)(C)C)CC4C)c3c2)cc1N. The van der Waals surface area contributed by atoms with Gasteiger partial charge < -0.3 is 25.0 Å². The zero-order chi connectivity index (χ0) is 23.8. The normalized spacial score (nSPS) is 16.7. The highest BCUT2D eigenvalue weighted by Gasteiger charge is 2.30. The first-order valence-electron chi connectivity index (χ1n) is 11.1. The lowest BCUT2D eigenvalue weighted by atomic mass is 10.0. The molecule has 2 aromatic heterocycles. The number of ether oxygens (including phenoxy) is 2. The summed E-state index contributed by atoms with van der Waals surface area (Å²) in [6, 6.07) is 10.2. The second-order valence-corrected chi connectivity index (χ2v) is 9.35. The average molecular weight is 450 g/mol. The fourth-order valence-electron chi connectivity index (χ4n) is 4.17. The minimum Gasteiger partial charge on any atom is -0.480 e. The minimum absolute atomic E-state index is 0.124. The van der Waals surface area contributed by atoms with E-state index in [-0.39, 0.29) is 12.1 Å². The van der Waals surface area contributed by atoms with Crippen molar-refractivity contribution in [2.75, 3.05) is 37.4 Å². The summed E-state index contributed by atoms with van der Waals surface area (Å²) < 4.78 is 10.7. The van der Waals surface area contributed by atoms with Gasteiger partial charge in [0, 0.05) is 54.7 Å². The first kappa shape index (κ1) is 22.6. The van der Waals surface area contributed by atoms with Gasteiger partial charge in [-0.3, -0.25) is 4.98 Å². The molecule has 3 aromatic rings. The molecule has 0 saturated carbocycles. The number of rotatable bonds is 3. The number of carbonyl (C=O) groups excluding carboxylic acids is 1. The third-order valence-corrected chi connectivity index (χ3v) is 5.71. The van der Waals surface area contributed by atoms with Gasteiger partial charge in [-0.1, -0.05) is 6.07 Å². The number of hydrogen-bond donors (Lipinski definition) is 1. The van der Waals surface area contributed by atoms with E-state index in [1.165, 1.54) is 0 Å². The lowest BCUT2D eigenvalue weighted by Gasteiger charge is -2.41. The molecule has 3 heterocycles. The molecule has 1 amide bonds. The number of fused-ring (bicyclic) bond motifs is 1. The zero-order valence-corrected chi connectivity index (χ0v) is 19.8. The summed E-state index contributed by atoms with van der Waals surface area (Å²) in [5, 5.41) is 1.04. The second-order valence-electron chi connectivity index (χ2n) is 9.35. The molecule has 174 valence electrons. The highest BCUT2D eigenvalue weighted by Crippen LogP contribution is 2.33. The molecule has 0 spiro atoms. The summed E-state index contributed by atoms with van der Waals surface area (Å²) in [6.45, 7) is 9.69. The van der Waals surface area contributed by atoms with Crippen molar-refractivity contribution >= 4 is 28.4 Å². The fraction of sp³-hybridized carbons (Fsp3) is 0.400.